The van der Waals surface area contributed by atoms with Crippen molar-refractivity contribution >= 4 is 5.97 Å². The van der Waals surface area contributed by atoms with E-state index in [0.717, 1.165) is 12.8 Å². The Kier molecular flexibility index (Phi) is 7.30. The minimum atomic E-state index is -0.336. The summed E-state index contributed by atoms with van der Waals surface area (Å²) in [5.41, 5.74) is 0.429. The Bertz CT molecular complexity index is 164. The van der Waals surface area contributed by atoms with Crippen LogP contribution in [0.1, 0.15) is 19.8 Å². The summed E-state index contributed by atoms with van der Waals surface area (Å²) >= 11 is 0. The molecule has 0 fully saturated rings. The molecule has 0 spiro atoms. The largest absolute Gasteiger partial charge is 0.462 e. The van der Waals surface area contributed by atoms with Gasteiger partial charge in [-0.1, -0.05) is 13.5 Å². The van der Waals surface area contributed by atoms with Crippen molar-refractivity contribution in [2.24, 2.45) is 0 Å². The van der Waals surface area contributed by atoms with Crippen LogP contribution < -0.4 is 0 Å². The molecule has 0 amide bonds. The minimum absolute atomic E-state index is 0.336. The number of esters is 1. The fourth-order valence-corrected chi connectivity index (χ4v) is 0.653. The van der Waals surface area contributed by atoms with E-state index in [9.17, 15) is 4.79 Å². The second-order valence-corrected chi connectivity index (χ2v) is 2.74. The van der Waals surface area contributed by atoms with Crippen LogP contribution in [0.4, 0.5) is 0 Å². The lowest BCUT2D eigenvalue weighted by atomic mass is 10.4. The molecule has 0 unspecified atom stereocenters. The van der Waals surface area contributed by atoms with Crippen LogP contribution in [0.25, 0.3) is 0 Å². The molecule has 0 bridgehead atoms. The smallest absolute Gasteiger partial charge is 0.333 e. The SMILES string of the molecule is [CH2]CCOCCCOC(=O)C(=C)C. The zero-order chi connectivity index (χ0) is 10.1. The molecular formula is C10H17O3. The van der Waals surface area contributed by atoms with Crippen molar-refractivity contribution in [1.29, 1.82) is 0 Å². The van der Waals surface area contributed by atoms with Crippen LogP contribution in [0.2, 0.25) is 0 Å². The van der Waals surface area contributed by atoms with Gasteiger partial charge in [0.1, 0.15) is 0 Å². The second kappa shape index (κ2) is 7.80. The van der Waals surface area contributed by atoms with E-state index in [1.807, 2.05) is 0 Å². The third kappa shape index (κ3) is 7.53. The predicted molar refractivity (Wildman–Crippen MR) is 51.2 cm³/mol. The molecule has 0 saturated heterocycles. The van der Waals surface area contributed by atoms with E-state index in [1.54, 1.807) is 6.92 Å². The summed E-state index contributed by atoms with van der Waals surface area (Å²) in [4.78, 5) is 10.9. The van der Waals surface area contributed by atoms with Crippen molar-refractivity contribution < 1.29 is 14.3 Å². The van der Waals surface area contributed by atoms with Gasteiger partial charge in [-0.25, -0.2) is 4.79 Å². The monoisotopic (exact) mass is 185 g/mol. The normalized spacial score (nSPS) is 9.69. The molecule has 75 valence electrons. The molecule has 0 aromatic rings. The highest BCUT2D eigenvalue weighted by Crippen LogP contribution is 1.93. The van der Waals surface area contributed by atoms with Crippen molar-refractivity contribution in [3.8, 4) is 0 Å². The number of hydrogen-bond donors (Lipinski definition) is 0. The summed E-state index contributed by atoms with van der Waals surface area (Å²) in [6.07, 6.45) is 1.49. The molecule has 0 aliphatic carbocycles. The topological polar surface area (TPSA) is 35.5 Å². The first-order valence-corrected chi connectivity index (χ1v) is 4.38. The van der Waals surface area contributed by atoms with Crippen LogP contribution in [0, 0.1) is 6.92 Å². The molecule has 0 heterocycles. The highest BCUT2D eigenvalue weighted by atomic mass is 16.5. The Hall–Kier alpha value is -0.830. The molecule has 0 aliphatic heterocycles. The summed E-state index contributed by atoms with van der Waals surface area (Å²) < 4.78 is 10.00. The van der Waals surface area contributed by atoms with Gasteiger partial charge in [0.2, 0.25) is 0 Å². The third-order valence-electron chi connectivity index (χ3n) is 1.30. The second-order valence-electron chi connectivity index (χ2n) is 2.74. The number of ether oxygens (including phenoxy) is 2. The molecule has 0 atom stereocenters. The van der Waals surface area contributed by atoms with E-state index >= 15 is 0 Å². The highest BCUT2D eigenvalue weighted by Gasteiger charge is 2.01. The van der Waals surface area contributed by atoms with Crippen LogP contribution in [0.5, 0.6) is 0 Å². The van der Waals surface area contributed by atoms with E-state index in [0.29, 0.717) is 25.4 Å². The zero-order valence-electron chi connectivity index (χ0n) is 8.17. The lowest BCUT2D eigenvalue weighted by molar-refractivity contribution is -0.139. The van der Waals surface area contributed by atoms with Gasteiger partial charge in [-0.2, -0.15) is 0 Å². The number of carbonyl (C=O) groups is 1. The maximum atomic E-state index is 10.9. The Morgan fingerprint density at radius 2 is 2.00 bits per heavy atom. The fourth-order valence-electron chi connectivity index (χ4n) is 0.653. The summed E-state index contributed by atoms with van der Waals surface area (Å²) in [7, 11) is 0. The molecule has 1 radical (unpaired) electrons. The Balaban J connectivity index is 3.16. The quantitative estimate of drug-likeness (QED) is 0.344. The molecule has 3 heteroatoms. The molecule has 13 heavy (non-hydrogen) atoms. The van der Waals surface area contributed by atoms with Crippen molar-refractivity contribution in [1.82, 2.24) is 0 Å². The Morgan fingerprint density at radius 1 is 1.31 bits per heavy atom. The van der Waals surface area contributed by atoms with Gasteiger partial charge in [-0.15, -0.1) is 0 Å². The first-order valence-electron chi connectivity index (χ1n) is 4.38. The van der Waals surface area contributed by atoms with E-state index in [4.69, 9.17) is 9.47 Å². The lowest BCUT2D eigenvalue weighted by Crippen LogP contribution is -2.08. The van der Waals surface area contributed by atoms with E-state index in [2.05, 4.69) is 13.5 Å². The number of rotatable bonds is 7. The van der Waals surface area contributed by atoms with Gasteiger partial charge in [0.15, 0.2) is 0 Å². The maximum Gasteiger partial charge on any atom is 0.333 e. The average Bonchev–Trinajstić information content (AvgIpc) is 2.10. The van der Waals surface area contributed by atoms with Gasteiger partial charge in [0.25, 0.3) is 0 Å². The summed E-state index contributed by atoms with van der Waals surface area (Å²) in [5.74, 6) is -0.336. The minimum Gasteiger partial charge on any atom is -0.462 e. The van der Waals surface area contributed by atoms with E-state index in [-0.39, 0.29) is 5.97 Å². The van der Waals surface area contributed by atoms with Gasteiger partial charge in [0.05, 0.1) is 6.61 Å². The van der Waals surface area contributed by atoms with Crippen LogP contribution in [-0.4, -0.2) is 25.8 Å². The van der Waals surface area contributed by atoms with Crippen molar-refractivity contribution in [3.63, 3.8) is 0 Å². The summed E-state index contributed by atoms with van der Waals surface area (Å²) in [5, 5.41) is 0. The van der Waals surface area contributed by atoms with E-state index in [1.165, 1.54) is 0 Å². The van der Waals surface area contributed by atoms with Gasteiger partial charge < -0.3 is 9.47 Å². The average molecular weight is 185 g/mol. The van der Waals surface area contributed by atoms with Gasteiger partial charge in [-0.3, -0.25) is 0 Å². The summed E-state index contributed by atoms with van der Waals surface area (Å²) in [6.45, 7) is 10.4. The first-order chi connectivity index (χ1) is 6.18. The molecular weight excluding hydrogens is 168 g/mol. The number of hydrogen-bond acceptors (Lipinski definition) is 3. The Labute approximate surface area is 79.7 Å². The maximum absolute atomic E-state index is 10.9. The van der Waals surface area contributed by atoms with Crippen LogP contribution in [0.3, 0.4) is 0 Å². The van der Waals surface area contributed by atoms with Crippen molar-refractivity contribution in [2.45, 2.75) is 19.8 Å². The Morgan fingerprint density at radius 3 is 2.54 bits per heavy atom. The van der Waals surface area contributed by atoms with Gasteiger partial charge >= 0.3 is 5.97 Å². The predicted octanol–water partition coefficient (Wildman–Crippen LogP) is 1.74. The van der Waals surface area contributed by atoms with Crippen LogP contribution >= 0.6 is 0 Å². The van der Waals surface area contributed by atoms with Crippen LogP contribution in [-0.2, 0) is 14.3 Å². The standard InChI is InChI=1S/C10H17O3/c1-4-6-12-7-5-8-13-10(11)9(2)3/h1-2,4-8H2,3H3. The molecule has 0 aromatic heterocycles. The zero-order valence-corrected chi connectivity index (χ0v) is 8.17. The van der Waals surface area contributed by atoms with E-state index < -0.39 is 0 Å². The molecule has 0 N–H and O–H groups in total. The van der Waals surface area contributed by atoms with Gasteiger partial charge in [0, 0.05) is 25.2 Å². The molecule has 0 aliphatic rings. The summed E-state index contributed by atoms with van der Waals surface area (Å²) in [6, 6.07) is 0. The lowest BCUT2D eigenvalue weighted by Gasteiger charge is -2.04. The van der Waals surface area contributed by atoms with Gasteiger partial charge in [-0.05, 0) is 13.3 Å². The number of carbonyl (C=O) groups excluding carboxylic acids is 1. The molecule has 0 aromatic carbocycles. The highest BCUT2D eigenvalue weighted by molar-refractivity contribution is 5.86. The first kappa shape index (κ1) is 12.2. The molecule has 0 rings (SSSR count). The molecule has 0 saturated carbocycles. The van der Waals surface area contributed by atoms with Crippen molar-refractivity contribution in [2.75, 3.05) is 19.8 Å². The fraction of sp³-hybridized carbons (Fsp3) is 0.600. The van der Waals surface area contributed by atoms with Crippen molar-refractivity contribution in [3.05, 3.63) is 19.1 Å². The molecule has 3 nitrogen and oxygen atoms in total. The third-order valence-corrected chi connectivity index (χ3v) is 1.30. The van der Waals surface area contributed by atoms with Crippen LogP contribution in [0.15, 0.2) is 12.2 Å².